The molecule has 0 radical (unpaired) electrons. The van der Waals surface area contributed by atoms with Gasteiger partial charge in [-0.25, -0.2) is 0 Å². The zero-order chi connectivity index (χ0) is 22.8. The minimum atomic E-state index is 0.668. The summed E-state index contributed by atoms with van der Waals surface area (Å²) in [5, 5.41) is 7.07. The van der Waals surface area contributed by atoms with Crippen molar-refractivity contribution in [2.45, 2.75) is 6.54 Å². The second-order valence-electron chi connectivity index (χ2n) is 8.00. The minimum Gasteiger partial charge on any atom is -0.497 e. The average Bonchev–Trinajstić information content (AvgIpc) is 3.26. The molecule has 0 unspecified atom stereocenters. The van der Waals surface area contributed by atoms with Crippen LogP contribution in [-0.2, 0) is 11.3 Å². The van der Waals surface area contributed by atoms with Crippen LogP contribution in [0.4, 0.5) is 0 Å². The van der Waals surface area contributed by atoms with Gasteiger partial charge in [-0.3, -0.25) is 14.6 Å². The third kappa shape index (κ3) is 4.07. The highest BCUT2D eigenvalue weighted by Gasteiger charge is 2.19. The molecule has 4 aromatic rings. The summed E-state index contributed by atoms with van der Waals surface area (Å²) in [6, 6.07) is 11.8. The van der Waals surface area contributed by atoms with Crippen LogP contribution in [0.2, 0.25) is 0 Å². The molecule has 0 N–H and O–H groups in total. The zero-order valence-corrected chi connectivity index (χ0v) is 19.2. The maximum absolute atomic E-state index is 5.53. The highest BCUT2D eigenvalue weighted by Crippen LogP contribution is 2.37. The quantitative estimate of drug-likeness (QED) is 0.428. The molecule has 0 spiro atoms. The Morgan fingerprint density at radius 3 is 2.45 bits per heavy atom. The lowest BCUT2D eigenvalue weighted by Gasteiger charge is -2.26. The van der Waals surface area contributed by atoms with Crippen LogP contribution in [0, 0.1) is 0 Å². The van der Waals surface area contributed by atoms with E-state index in [1.165, 1.54) is 0 Å². The standard InChI is InChI=1S/C25H28N4O4/c1-30-18-5-6-21-19(15-18)25-20(16-26-21)24(17-4-7-22(31-2)23(14-17)32-3)27-29(25)9-8-28-10-12-33-13-11-28/h4-7,14-16H,8-13H2,1-3H3. The lowest BCUT2D eigenvalue weighted by molar-refractivity contribution is 0.0361. The van der Waals surface area contributed by atoms with E-state index in [1.807, 2.05) is 42.6 Å². The molecule has 1 aliphatic heterocycles. The summed E-state index contributed by atoms with van der Waals surface area (Å²) in [4.78, 5) is 7.13. The number of fused-ring (bicyclic) bond motifs is 3. The summed E-state index contributed by atoms with van der Waals surface area (Å²) in [6.07, 6.45) is 1.91. The summed E-state index contributed by atoms with van der Waals surface area (Å²) in [5.41, 5.74) is 3.78. The van der Waals surface area contributed by atoms with Gasteiger partial charge in [-0.15, -0.1) is 0 Å². The van der Waals surface area contributed by atoms with Gasteiger partial charge in [0.1, 0.15) is 11.4 Å². The summed E-state index contributed by atoms with van der Waals surface area (Å²) in [7, 11) is 4.96. The van der Waals surface area contributed by atoms with Gasteiger partial charge in [0.2, 0.25) is 0 Å². The normalized spacial score (nSPS) is 14.6. The van der Waals surface area contributed by atoms with Crippen molar-refractivity contribution in [2.24, 2.45) is 0 Å². The summed E-state index contributed by atoms with van der Waals surface area (Å²) < 4.78 is 24.1. The van der Waals surface area contributed by atoms with E-state index in [9.17, 15) is 0 Å². The number of pyridine rings is 1. The fourth-order valence-corrected chi connectivity index (χ4v) is 4.38. The average molecular weight is 449 g/mol. The van der Waals surface area contributed by atoms with Crippen LogP contribution in [0.3, 0.4) is 0 Å². The van der Waals surface area contributed by atoms with Gasteiger partial charge in [-0.1, -0.05) is 0 Å². The molecule has 0 saturated carbocycles. The monoisotopic (exact) mass is 448 g/mol. The first-order valence-electron chi connectivity index (χ1n) is 11.1. The Labute approximate surface area is 192 Å². The Morgan fingerprint density at radius 2 is 1.70 bits per heavy atom. The fourth-order valence-electron chi connectivity index (χ4n) is 4.38. The van der Waals surface area contributed by atoms with Crippen LogP contribution >= 0.6 is 0 Å². The lowest BCUT2D eigenvalue weighted by Crippen LogP contribution is -2.38. The molecule has 2 aromatic heterocycles. The van der Waals surface area contributed by atoms with Crippen molar-refractivity contribution in [3.8, 4) is 28.5 Å². The van der Waals surface area contributed by atoms with Crippen LogP contribution in [0.1, 0.15) is 0 Å². The molecule has 3 heterocycles. The van der Waals surface area contributed by atoms with E-state index < -0.39 is 0 Å². The number of hydrogen-bond acceptors (Lipinski definition) is 7. The molecule has 0 atom stereocenters. The second kappa shape index (κ2) is 9.25. The van der Waals surface area contributed by atoms with Gasteiger partial charge in [0.25, 0.3) is 0 Å². The smallest absolute Gasteiger partial charge is 0.161 e. The molecule has 2 aromatic carbocycles. The van der Waals surface area contributed by atoms with Gasteiger partial charge < -0.3 is 18.9 Å². The molecule has 0 amide bonds. The number of ether oxygens (including phenoxy) is 4. The number of methoxy groups -OCH3 is 3. The third-order valence-electron chi connectivity index (χ3n) is 6.17. The highest BCUT2D eigenvalue weighted by atomic mass is 16.5. The number of hydrogen-bond donors (Lipinski definition) is 0. The minimum absolute atomic E-state index is 0.668. The van der Waals surface area contributed by atoms with Crippen molar-refractivity contribution in [1.82, 2.24) is 19.7 Å². The van der Waals surface area contributed by atoms with Gasteiger partial charge in [0.05, 0.1) is 52.1 Å². The molecule has 33 heavy (non-hydrogen) atoms. The van der Waals surface area contributed by atoms with Crippen molar-refractivity contribution < 1.29 is 18.9 Å². The van der Waals surface area contributed by atoms with Gasteiger partial charge in [0, 0.05) is 42.2 Å². The predicted octanol–water partition coefficient (Wildman–Crippen LogP) is 3.61. The molecule has 0 bridgehead atoms. The van der Waals surface area contributed by atoms with Gasteiger partial charge in [-0.2, -0.15) is 5.10 Å². The van der Waals surface area contributed by atoms with Crippen molar-refractivity contribution in [3.05, 3.63) is 42.6 Å². The Hall–Kier alpha value is -3.36. The first-order valence-corrected chi connectivity index (χ1v) is 11.1. The van der Waals surface area contributed by atoms with E-state index in [0.717, 1.165) is 78.2 Å². The summed E-state index contributed by atoms with van der Waals surface area (Å²) in [5.74, 6) is 2.15. The SMILES string of the molecule is COc1ccc2ncc3c(-c4ccc(OC)c(OC)c4)nn(CCN4CCOCC4)c3c2c1. The Morgan fingerprint density at radius 1 is 0.879 bits per heavy atom. The molecule has 8 heteroatoms. The molecule has 8 nitrogen and oxygen atoms in total. The third-order valence-corrected chi connectivity index (χ3v) is 6.17. The van der Waals surface area contributed by atoms with Crippen LogP contribution in [-0.4, -0.2) is 73.8 Å². The number of rotatable bonds is 7. The van der Waals surface area contributed by atoms with Crippen LogP contribution in [0.25, 0.3) is 33.1 Å². The zero-order valence-electron chi connectivity index (χ0n) is 19.2. The van der Waals surface area contributed by atoms with E-state index in [1.54, 1.807) is 21.3 Å². The van der Waals surface area contributed by atoms with Crippen LogP contribution < -0.4 is 14.2 Å². The molecule has 5 rings (SSSR count). The fraction of sp³-hybridized carbons (Fsp3) is 0.360. The predicted molar refractivity (Wildman–Crippen MR) is 127 cm³/mol. The first-order chi connectivity index (χ1) is 16.2. The number of benzene rings is 2. The largest absolute Gasteiger partial charge is 0.497 e. The van der Waals surface area contributed by atoms with Gasteiger partial charge in [-0.05, 0) is 36.4 Å². The van der Waals surface area contributed by atoms with E-state index >= 15 is 0 Å². The van der Waals surface area contributed by atoms with Crippen LogP contribution in [0.5, 0.6) is 17.2 Å². The molecular formula is C25H28N4O4. The second-order valence-corrected chi connectivity index (χ2v) is 8.00. The number of morpholine rings is 1. The molecule has 1 aliphatic rings. The maximum atomic E-state index is 5.53. The van der Waals surface area contributed by atoms with E-state index in [-0.39, 0.29) is 0 Å². The summed E-state index contributed by atoms with van der Waals surface area (Å²) >= 11 is 0. The van der Waals surface area contributed by atoms with E-state index in [0.29, 0.717) is 11.5 Å². The maximum Gasteiger partial charge on any atom is 0.161 e. The van der Waals surface area contributed by atoms with E-state index in [4.69, 9.17) is 29.0 Å². The van der Waals surface area contributed by atoms with Crippen molar-refractivity contribution >= 4 is 21.8 Å². The summed E-state index contributed by atoms with van der Waals surface area (Å²) in [6.45, 7) is 5.11. The number of aromatic nitrogens is 3. The van der Waals surface area contributed by atoms with Crippen LogP contribution in [0.15, 0.2) is 42.6 Å². The topological polar surface area (TPSA) is 70.9 Å². The molecule has 0 aliphatic carbocycles. The number of nitrogens with zero attached hydrogens (tertiary/aromatic N) is 4. The Balaban J connectivity index is 1.65. The van der Waals surface area contributed by atoms with E-state index in [2.05, 4.69) is 9.58 Å². The molecule has 1 saturated heterocycles. The van der Waals surface area contributed by atoms with Crippen molar-refractivity contribution in [1.29, 1.82) is 0 Å². The lowest BCUT2D eigenvalue weighted by atomic mass is 10.1. The van der Waals surface area contributed by atoms with Crippen molar-refractivity contribution in [3.63, 3.8) is 0 Å². The van der Waals surface area contributed by atoms with Gasteiger partial charge in [0.15, 0.2) is 11.5 Å². The first kappa shape index (κ1) is 21.5. The Bertz CT molecular complexity index is 1280. The highest BCUT2D eigenvalue weighted by molar-refractivity contribution is 6.08. The Kier molecular flexibility index (Phi) is 6.02. The molecule has 172 valence electrons. The van der Waals surface area contributed by atoms with Crippen molar-refractivity contribution in [2.75, 3.05) is 54.2 Å². The van der Waals surface area contributed by atoms with Gasteiger partial charge >= 0.3 is 0 Å². The molecular weight excluding hydrogens is 420 g/mol. The molecule has 1 fully saturated rings.